The predicted octanol–water partition coefficient (Wildman–Crippen LogP) is 2.34. The maximum absolute atomic E-state index is 11.8. The monoisotopic (exact) mass is 272 g/mol. The number of likely N-dealkylation sites (N-methyl/N-ethyl adjacent to an activating group) is 1. The first kappa shape index (κ1) is 14.3. The van der Waals surface area contributed by atoms with Gasteiger partial charge in [-0.05, 0) is 31.7 Å². The van der Waals surface area contributed by atoms with Gasteiger partial charge >= 0.3 is 0 Å². The van der Waals surface area contributed by atoms with Gasteiger partial charge in [-0.2, -0.15) is 0 Å². The molecule has 0 aliphatic carbocycles. The lowest BCUT2D eigenvalue weighted by Crippen LogP contribution is -2.34. The zero-order valence-electron chi connectivity index (χ0n) is 11.9. The zero-order chi connectivity index (χ0) is 14.4. The molecule has 1 aromatic carbocycles. The number of benzene rings is 1. The summed E-state index contributed by atoms with van der Waals surface area (Å²) in [5.41, 5.74) is 1.10. The molecule has 0 spiro atoms. The molecular weight excluding hydrogens is 252 g/mol. The predicted molar refractivity (Wildman–Crippen MR) is 78.1 cm³/mol. The Hall–Kier alpha value is -2.07. The minimum Gasteiger partial charge on any atom is -0.465 e. The number of rotatable bonds is 6. The molecule has 4 nitrogen and oxygen atoms in total. The van der Waals surface area contributed by atoms with Crippen molar-refractivity contribution in [3.8, 4) is 0 Å². The van der Waals surface area contributed by atoms with Gasteiger partial charge in [-0.15, -0.1) is 0 Å². The molecular formula is C16H20N2O2. The van der Waals surface area contributed by atoms with Gasteiger partial charge < -0.3 is 9.73 Å². The molecule has 2 aromatic rings. The Labute approximate surface area is 119 Å². The van der Waals surface area contributed by atoms with Crippen LogP contribution in [0, 0.1) is 6.92 Å². The summed E-state index contributed by atoms with van der Waals surface area (Å²) in [5.74, 6) is 1.78. The largest absolute Gasteiger partial charge is 0.465 e. The van der Waals surface area contributed by atoms with Crippen molar-refractivity contribution in [2.24, 2.45) is 0 Å². The summed E-state index contributed by atoms with van der Waals surface area (Å²) in [6, 6.07) is 13.8. The molecule has 0 bridgehead atoms. The maximum Gasteiger partial charge on any atom is 0.234 e. The fourth-order valence-corrected chi connectivity index (χ4v) is 1.99. The quantitative estimate of drug-likeness (QED) is 0.878. The van der Waals surface area contributed by atoms with Gasteiger partial charge in [0.05, 0.1) is 13.1 Å². The fourth-order valence-electron chi connectivity index (χ4n) is 1.99. The first-order valence-electron chi connectivity index (χ1n) is 6.68. The van der Waals surface area contributed by atoms with Crippen LogP contribution in [0.5, 0.6) is 0 Å². The van der Waals surface area contributed by atoms with Gasteiger partial charge in [-0.25, -0.2) is 0 Å². The van der Waals surface area contributed by atoms with E-state index in [1.807, 2.05) is 61.3 Å². The third kappa shape index (κ3) is 4.55. The Bertz CT molecular complexity index is 549. The van der Waals surface area contributed by atoms with E-state index in [1.165, 1.54) is 0 Å². The summed E-state index contributed by atoms with van der Waals surface area (Å²) in [7, 11) is 1.90. The van der Waals surface area contributed by atoms with Crippen LogP contribution in [0.15, 0.2) is 46.9 Å². The van der Waals surface area contributed by atoms with E-state index in [4.69, 9.17) is 4.42 Å². The maximum atomic E-state index is 11.8. The van der Waals surface area contributed by atoms with Crippen LogP contribution in [0.1, 0.15) is 17.1 Å². The minimum absolute atomic E-state index is 0.0135. The summed E-state index contributed by atoms with van der Waals surface area (Å²) in [5, 5.41) is 2.91. The number of nitrogens with one attached hydrogen (secondary N) is 1. The lowest BCUT2D eigenvalue weighted by Gasteiger charge is -2.14. The molecule has 0 aliphatic heterocycles. The summed E-state index contributed by atoms with van der Waals surface area (Å²) >= 11 is 0. The highest BCUT2D eigenvalue weighted by atomic mass is 16.3. The molecule has 0 radical (unpaired) electrons. The average molecular weight is 272 g/mol. The standard InChI is InChI=1S/C16H20N2O2/c1-13-8-9-15(20-13)11-18(2)12-16(19)17-10-14-6-4-3-5-7-14/h3-9H,10-12H2,1-2H3,(H,17,19). The molecule has 1 amide bonds. The van der Waals surface area contributed by atoms with Crippen molar-refractivity contribution in [3.05, 3.63) is 59.5 Å². The van der Waals surface area contributed by atoms with Crippen molar-refractivity contribution in [1.29, 1.82) is 0 Å². The Morgan fingerprint density at radius 2 is 1.95 bits per heavy atom. The van der Waals surface area contributed by atoms with Gasteiger partial charge in [0.15, 0.2) is 0 Å². The van der Waals surface area contributed by atoms with Gasteiger partial charge in [0.25, 0.3) is 0 Å². The zero-order valence-corrected chi connectivity index (χ0v) is 11.9. The summed E-state index contributed by atoms with van der Waals surface area (Å²) in [6.45, 7) is 3.46. The van der Waals surface area contributed by atoms with Crippen LogP contribution in [0.4, 0.5) is 0 Å². The topological polar surface area (TPSA) is 45.5 Å². The Morgan fingerprint density at radius 1 is 1.20 bits per heavy atom. The highest BCUT2D eigenvalue weighted by molar-refractivity contribution is 5.77. The number of furan rings is 1. The first-order chi connectivity index (χ1) is 9.63. The molecule has 0 aliphatic rings. The van der Waals surface area contributed by atoms with Crippen molar-refractivity contribution >= 4 is 5.91 Å². The molecule has 1 N–H and O–H groups in total. The van der Waals surface area contributed by atoms with Gasteiger partial charge in [-0.1, -0.05) is 30.3 Å². The SMILES string of the molecule is Cc1ccc(CN(C)CC(=O)NCc2ccccc2)o1. The van der Waals surface area contributed by atoms with Gasteiger partial charge in [0, 0.05) is 6.54 Å². The van der Waals surface area contributed by atoms with Crippen LogP contribution in [0.2, 0.25) is 0 Å². The number of amides is 1. The van der Waals surface area contributed by atoms with Crippen molar-refractivity contribution in [1.82, 2.24) is 10.2 Å². The minimum atomic E-state index is 0.0135. The fraction of sp³-hybridized carbons (Fsp3) is 0.312. The lowest BCUT2D eigenvalue weighted by atomic mass is 10.2. The second-order valence-electron chi connectivity index (χ2n) is 4.95. The molecule has 0 atom stereocenters. The van der Waals surface area contributed by atoms with E-state index in [0.29, 0.717) is 19.6 Å². The molecule has 2 rings (SSSR count). The number of nitrogens with zero attached hydrogens (tertiary/aromatic N) is 1. The number of hydrogen-bond acceptors (Lipinski definition) is 3. The van der Waals surface area contributed by atoms with Gasteiger partial charge in [0.1, 0.15) is 11.5 Å². The Kier molecular flexibility index (Phi) is 4.96. The Balaban J connectivity index is 1.73. The third-order valence-electron chi connectivity index (χ3n) is 2.97. The molecule has 4 heteroatoms. The van der Waals surface area contributed by atoms with E-state index in [-0.39, 0.29) is 5.91 Å². The van der Waals surface area contributed by atoms with E-state index in [2.05, 4.69) is 5.32 Å². The van der Waals surface area contributed by atoms with Crippen LogP contribution in [0.25, 0.3) is 0 Å². The molecule has 1 heterocycles. The van der Waals surface area contributed by atoms with Crippen LogP contribution < -0.4 is 5.32 Å². The van der Waals surface area contributed by atoms with E-state index < -0.39 is 0 Å². The van der Waals surface area contributed by atoms with Gasteiger partial charge in [0.2, 0.25) is 5.91 Å². The highest BCUT2D eigenvalue weighted by Crippen LogP contribution is 2.08. The second-order valence-corrected chi connectivity index (χ2v) is 4.95. The number of aryl methyl sites for hydroxylation is 1. The Morgan fingerprint density at radius 3 is 2.60 bits per heavy atom. The van der Waals surface area contributed by atoms with E-state index in [0.717, 1.165) is 17.1 Å². The molecule has 0 unspecified atom stereocenters. The van der Waals surface area contributed by atoms with Crippen LogP contribution in [-0.2, 0) is 17.9 Å². The lowest BCUT2D eigenvalue weighted by molar-refractivity contribution is -0.122. The number of carbonyl (C=O) groups is 1. The van der Waals surface area contributed by atoms with Crippen LogP contribution in [0.3, 0.4) is 0 Å². The molecule has 1 aromatic heterocycles. The molecule has 0 saturated heterocycles. The summed E-state index contributed by atoms with van der Waals surface area (Å²) in [6.07, 6.45) is 0. The van der Waals surface area contributed by atoms with E-state index in [9.17, 15) is 4.79 Å². The molecule has 106 valence electrons. The smallest absolute Gasteiger partial charge is 0.234 e. The molecule has 0 saturated carbocycles. The van der Waals surface area contributed by atoms with Crippen LogP contribution in [-0.4, -0.2) is 24.4 Å². The molecule has 0 fully saturated rings. The normalized spacial score (nSPS) is 10.8. The summed E-state index contributed by atoms with van der Waals surface area (Å²) < 4.78 is 5.49. The second kappa shape index (κ2) is 6.91. The van der Waals surface area contributed by atoms with Crippen LogP contribution >= 0.6 is 0 Å². The van der Waals surface area contributed by atoms with E-state index in [1.54, 1.807) is 0 Å². The number of hydrogen-bond donors (Lipinski definition) is 1. The van der Waals surface area contributed by atoms with E-state index >= 15 is 0 Å². The average Bonchev–Trinajstić information content (AvgIpc) is 2.83. The van der Waals surface area contributed by atoms with Crippen molar-refractivity contribution in [3.63, 3.8) is 0 Å². The van der Waals surface area contributed by atoms with Crippen molar-refractivity contribution in [2.75, 3.05) is 13.6 Å². The van der Waals surface area contributed by atoms with Crippen molar-refractivity contribution < 1.29 is 9.21 Å². The summed E-state index contributed by atoms with van der Waals surface area (Å²) in [4.78, 5) is 13.8. The molecule has 20 heavy (non-hydrogen) atoms. The third-order valence-corrected chi connectivity index (χ3v) is 2.97. The highest BCUT2D eigenvalue weighted by Gasteiger charge is 2.08. The van der Waals surface area contributed by atoms with Crippen molar-refractivity contribution in [2.45, 2.75) is 20.0 Å². The van der Waals surface area contributed by atoms with Gasteiger partial charge in [-0.3, -0.25) is 9.69 Å². The number of carbonyl (C=O) groups excluding carboxylic acids is 1. The first-order valence-corrected chi connectivity index (χ1v) is 6.68.